The number of carbonyl (C=O) groups is 1. The average molecular weight is 189 g/mol. The molecule has 0 aromatic carbocycles. The van der Waals surface area contributed by atoms with Gasteiger partial charge in [0, 0.05) is 26.4 Å². The predicted octanol–water partition coefficient (Wildman–Crippen LogP) is 1.12. The number of carbonyl (C=O) groups excluding carboxylic acids is 1. The smallest absolute Gasteiger partial charge is 0.220 e. The number of nitrogens with zero attached hydrogens (tertiary/aromatic N) is 3. The zero-order chi connectivity index (χ0) is 10.6. The van der Waals surface area contributed by atoms with E-state index in [1.165, 1.54) is 11.8 Å². The lowest BCUT2D eigenvalue weighted by Crippen LogP contribution is -2.28. The summed E-state index contributed by atoms with van der Waals surface area (Å²) in [4.78, 5) is 16.3. The van der Waals surface area contributed by atoms with E-state index in [2.05, 4.69) is 11.1 Å². The molecule has 1 aromatic rings. The molecule has 0 fully saturated rings. The van der Waals surface area contributed by atoms with Gasteiger partial charge in [0.15, 0.2) is 0 Å². The minimum absolute atomic E-state index is 0.131. The Hall–Kier alpha value is -1.89. The van der Waals surface area contributed by atoms with Gasteiger partial charge < -0.3 is 4.90 Å². The number of hydrogen-bond acceptors (Lipinski definition) is 3. The molecule has 1 atom stereocenters. The van der Waals surface area contributed by atoms with Crippen molar-refractivity contribution in [3.05, 3.63) is 30.1 Å². The van der Waals surface area contributed by atoms with Crippen LogP contribution in [0.1, 0.15) is 18.5 Å². The van der Waals surface area contributed by atoms with Gasteiger partial charge >= 0.3 is 0 Å². The summed E-state index contributed by atoms with van der Waals surface area (Å²) in [6.45, 7) is 1.44. The van der Waals surface area contributed by atoms with Crippen LogP contribution in [0.3, 0.4) is 0 Å². The maximum atomic E-state index is 11.1. The highest BCUT2D eigenvalue weighted by atomic mass is 16.2. The summed E-state index contributed by atoms with van der Waals surface area (Å²) in [6, 6.07) is 5.00. The molecule has 1 amide bonds. The summed E-state index contributed by atoms with van der Waals surface area (Å²) < 4.78 is 0. The molecule has 1 unspecified atom stereocenters. The highest BCUT2D eigenvalue weighted by molar-refractivity contribution is 5.73. The molecule has 0 N–H and O–H groups in total. The summed E-state index contributed by atoms with van der Waals surface area (Å²) in [5.41, 5.74) is 0.778. The van der Waals surface area contributed by atoms with Crippen molar-refractivity contribution in [2.75, 3.05) is 7.05 Å². The van der Waals surface area contributed by atoms with E-state index < -0.39 is 6.04 Å². The maximum Gasteiger partial charge on any atom is 0.220 e. The molecule has 1 rings (SSSR count). The number of nitriles is 1. The first-order chi connectivity index (χ1) is 6.66. The second kappa shape index (κ2) is 4.38. The Kier molecular flexibility index (Phi) is 3.19. The molecule has 0 saturated heterocycles. The topological polar surface area (TPSA) is 57.0 Å². The number of pyridine rings is 1. The van der Waals surface area contributed by atoms with Crippen LogP contribution in [0.25, 0.3) is 0 Å². The standard InChI is InChI=1S/C10H11N3O/c1-8(14)13(2)10(7-11)9-3-5-12-6-4-9/h3-6,10H,1-2H3. The molecule has 72 valence electrons. The third kappa shape index (κ3) is 2.07. The first-order valence-electron chi connectivity index (χ1n) is 4.19. The SMILES string of the molecule is CC(=O)N(C)C(C#N)c1ccncc1. The van der Waals surface area contributed by atoms with Crippen molar-refractivity contribution < 1.29 is 4.79 Å². The summed E-state index contributed by atoms with van der Waals surface area (Å²) in [5, 5.41) is 8.93. The Morgan fingerprint density at radius 2 is 2.14 bits per heavy atom. The second-order valence-corrected chi connectivity index (χ2v) is 2.94. The fourth-order valence-electron chi connectivity index (χ4n) is 1.11. The monoisotopic (exact) mass is 189 g/mol. The van der Waals surface area contributed by atoms with Crippen LogP contribution in [0.15, 0.2) is 24.5 Å². The Morgan fingerprint density at radius 3 is 2.57 bits per heavy atom. The Balaban J connectivity index is 2.95. The summed E-state index contributed by atoms with van der Waals surface area (Å²) in [7, 11) is 1.61. The fraction of sp³-hybridized carbons (Fsp3) is 0.300. The van der Waals surface area contributed by atoms with Crippen LogP contribution in [0, 0.1) is 11.3 Å². The van der Waals surface area contributed by atoms with Gasteiger partial charge in [-0.1, -0.05) is 0 Å². The second-order valence-electron chi connectivity index (χ2n) is 2.94. The Bertz CT molecular complexity index is 355. The van der Waals surface area contributed by atoms with E-state index in [0.717, 1.165) is 5.56 Å². The van der Waals surface area contributed by atoms with E-state index in [0.29, 0.717) is 0 Å². The van der Waals surface area contributed by atoms with Gasteiger partial charge in [0.05, 0.1) is 6.07 Å². The minimum atomic E-state index is -0.532. The molecule has 0 aliphatic rings. The van der Waals surface area contributed by atoms with Crippen LogP contribution in [-0.4, -0.2) is 22.8 Å². The number of rotatable bonds is 2. The third-order valence-corrected chi connectivity index (χ3v) is 2.03. The molecule has 0 aliphatic carbocycles. The van der Waals surface area contributed by atoms with Gasteiger partial charge in [-0.05, 0) is 17.7 Å². The third-order valence-electron chi connectivity index (χ3n) is 2.03. The van der Waals surface area contributed by atoms with Gasteiger partial charge in [-0.2, -0.15) is 5.26 Å². The predicted molar refractivity (Wildman–Crippen MR) is 51.0 cm³/mol. The number of amides is 1. The molecule has 0 radical (unpaired) electrons. The van der Waals surface area contributed by atoms with Crippen molar-refractivity contribution in [3.63, 3.8) is 0 Å². The van der Waals surface area contributed by atoms with E-state index in [-0.39, 0.29) is 5.91 Å². The molecular formula is C10H11N3O. The minimum Gasteiger partial charge on any atom is -0.326 e. The van der Waals surface area contributed by atoms with Crippen LogP contribution in [0.2, 0.25) is 0 Å². The summed E-state index contributed by atoms with van der Waals surface area (Å²) in [6.07, 6.45) is 3.21. The molecule has 0 aliphatic heterocycles. The molecule has 4 heteroatoms. The van der Waals surface area contributed by atoms with Crippen LogP contribution in [0.4, 0.5) is 0 Å². The lowest BCUT2D eigenvalue weighted by molar-refractivity contribution is -0.128. The molecular weight excluding hydrogens is 178 g/mol. The van der Waals surface area contributed by atoms with Crippen LogP contribution in [-0.2, 0) is 4.79 Å². The van der Waals surface area contributed by atoms with Crippen molar-refractivity contribution >= 4 is 5.91 Å². The fourth-order valence-corrected chi connectivity index (χ4v) is 1.11. The van der Waals surface area contributed by atoms with Crippen molar-refractivity contribution in [3.8, 4) is 6.07 Å². The van der Waals surface area contributed by atoms with Crippen LogP contribution < -0.4 is 0 Å². The highest BCUT2D eigenvalue weighted by Gasteiger charge is 2.17. The normalized spacial score (nSPS) is 11.5. The van der Waals surface area contributed by atoms with Crippen molar-refractivity contribution in [2.45, 2.75) is 13.0 Å². The van der Waals surface area contributed by atoms with E-state index in [1.54, 1.807) is 31.6 Å². The average Bonchev–Trinajstić information content (AvgIpc) is 2.20. The molecule has 1 heterocycles. The van der Waals surface area contributed by atoms with Gasteiger partial charge in [-0.3, -0.25) is 9.78 Å². The number of aromatic nitrogens is 1. The first kappa shape index (κ1) is 10.2. The van der Waals surface area contributed by atoms with E-state index in [1.807, 2.05) is 0 Å². The lowest BCUT2D eigenvalue weighted by Gasteiger charge is -2.20. The van der Waals surface area contributed by atoms with Crippen molar-refractivity contribution in [2.24, 2.45) is 0 Å². The molecule has 4 nitrogen and oxygen atoms in total. The highest BCUT2D eigenvalue weighted by Crippen LogP contribution is 2.17. The van der Waals surface area contributed by atoms with Crippen molar-refractivity contribution in [1.29, 1.82) is 5.26 Å². The van der Waals surface area contributed by atoms with Gasteiger partial charge in [-0.25, -0.2) is 0 Å². The van der Waals surface area contributed by atoms with Gasteiger partial charge in [0.1, 0.15) is 6.04 Å². The van der Waals surface area contributed by atoms with E-state index >= 15 is 0 Å². The van der Waals surface area contributed by atoms with E-state index in [9.17, 15) is 4.79 Å². The maximum absolute atomic E-state index is 11.1. The van der Waals surface area contributed by atoms with E-state index in [4.69, 9.17) is 5.26 Å². The molecule has 0 spiro atoms. The quantitative estimate of drug-likeness (QED) is 0.700. The first-order valence-corrected chi connectivity index (χ1v) is 4.19. The molecule has 1 aromatic heterocycles. The number of hydrogen-bond donors (Lipinski definition) is 0. The van der Waals surface area contributed by atoms with Gasteiger partial charge in [-0.15, -0.1) is 0 Å². The molecule has 14 heavy (non-hydrogen) atoms. The molecule has 0 bridgehead atoms. The van der Waals surface area contributed by atoms with Crippen LogP contribution in [0.5, 0.6) is 0 Å². The van der Waals surface area contributed by atoms with Gasteiger partial charge in [0.25, 0.3) is 0 Å². The molecule has 0 saturated carbocycles. The summed E-state index contributed by atoms with van der Waals surface area (Å²) >= 11 is 0. The largest absolute Gasteiger partial charge is 0.326 e. The van der Waals surface area contributed by atoms with Gasteiger partial charge in [0.2, 0.25) is 5.91 Å². The zero-order valence-electron chi connectivity index (χ0n) is 8.14. The summed E-state index contributed by atoms with van der Waals surface area (Å²) in [5.74, 6) is -0.131. The zero-order valence-corrected chi connectivity index (χ0v) is 8.14. The van der Waals surface area contributed by atoms with Crippen LogP contribution >= 0.6 is 0 Å². The Labute approximate surface area is 82.8 Å². The van der Waals surface area contributed by atoms with Crippen molar-refractivity contribution in [1.82, 2.24) is 9.88 Å². The lowest BCUT2D eigenvalue weighted by atomic mass is 10.1. The Morgan fingerprint density at radius 1 is 1.57 bits per heavy atom.